The molecule has 0 aliphatic rings. The highest BCUT2D eigenvalue weighted by atomic mass is 127. The Hall–Kier alpha value is -2.63. The number of phenols is 1. The van der Waals surface area contributed by atoms with Crippen molar-refractivity contribution in [3.63, 3.8) is 0 Å². The fraction of sp³-hybridized carbons (Fsp3) is 0.125. The molecule has 33 heavy (non-hydrogen) atoms. The summed E-state index contributed by atoms with van der Waals surface area (Å²) in [5.74, 6) is 0.849. The fourth-order valence-corrected chi connectivity index (χ4v) is 5.27. The average molecular weight is 594 g/mol. The minimum Gasteiger partial charge on any atom is -0.508 e. The van der Waals surface area contributed by atoms with Gasteiger partial charge >= 0.3 is 10.1 Å². The lowest BCUT2D eigenvalue weighted by molar-refractivity contribution is 0.104. The van der Waals surface area contributed by atoms with Crippen molar-refractivity contribution < 1.29 is 27.2 Å². The van der Waals surface area contributed by atoms with Gasteiger partial charge in [-0.2, -0.15) is 8.42 Å². The summed E-state index contributed by atoms with van der Waals surface area (Å²) in [5, 5.41) is 10.7. The summed E-state index contributed by atoms with van der Waals surface area (Å²) in [6.45, 7) is 0.593. The van der Waals surface area contributed by atoms with Gasteiger partial charge in [-0.25, -0.2) is 0 Å². The maximum absolute atomic E-state index is 13.6. The van der Waals surface area contributed by atoms with Gasteiger partial charge in [-0.1, -0.05) is 22.6 Å². The third-order valence-electron chi connectivity index (χ3n) is 4.73. The number of benzene rings is 3. The minimum atomic E-state index is -3.64. The molecule has 0 spiro atoms. The first kappa shape index (κ1) is 23.5. The van der Waals surface area contributed by atoms with Crippen molar-refractivity contribution in [3.05, 3.63) is 77.9 Å². The number of halogens is 1. The largest absolute Gasteiger partial charge is 0.508 e. The number of alkyl halides is 1. The van der Waals surface area contributed by atoms with Gasteiger partial charge in [-0.05, 0) is 72.3 Å². The molecule has 0 amide bonds. The standard InChI is InChI=1S/C24H19IO6S2/c1-33(28,29)31-19-9-4-16(5-10-19)24-22(20-11-6-17(26)14-21(20)32-24)23(27)15-2-7-18(8-3-15)30-13-12-25/h2-11,14,26H,12-13H2,1H3. The Bertz CT molecular complexity index is 1410. The molecule has 4 aromatic rings. The molecule has 0 saturated heterocycles. The van der Waals surface area contributed by atoms with E-state index in [1.807, 2.05) is 0 Å². The Labute approximate surface area is 209 Å². The van der Waals surface area contributed by atoms with Crippen LogP contribution in [0.5, 0.6) is 17.2 Å². The number of ether oxygens (including phenoxy) is 1. The van der Waals surface area contributed by atoms with Crippen molar-refractivity contribution in [2.24, 2.45) is 0 Å². The van der Waals surface area contributed by atoms with E-state index in [0.29, 0.717) is 23.5 Å². The van der Waals surface area contributed by atoms with Gasteiger partial charge in [0.2, 0.25) is 0 Å². The molecule has 0 saturated carbocycles. The van der Waals surface area contributed by atoms with Crippen molar-refractivity contribution in [1.29, 1.82) is 0 Å². The normalized spacial score (nSPS) is 11.5. The van der Waals surface area contributed by atoms with E-state index in [2.05, 4.69) is 22.6 Å². The van der Waals surface area contributed by atoms with Crippen LogP contribution < -0.4 is 8.92 Å². The first-order valence-electron chi connectivity index (χ1n) is 9.84. The Kier molecular flexibility index (Phi) is 6.91. The van der Waals surface area contributed by atoms with Gasteiger partial charge in [0.05, 0.1) is 12.9 Å². The van der Waals surface area contributed by atoms with Gasteiger partial charge < -0.3 is 14.0 Å². The van der Waals surface area contributed by atoms with Gasteiger partial charge in [0.1, 0.15) is 17.2 Å². The van der Waals surface area contributed by atoms with Gasteiger partial charge in [-0.15, -0.1) is 11.3 Å². The minimum absolute atomic E-state index is 0.114. The Balaban J connectivity index is 1.77. The topological polar surface area (TPSA) is 89.9 Å². The summed E-state index contributed by atoms with van der Waals surface area (Å²) < 4.78 is 34.9. The zero-order chi connectivity index (χ0) is 23.6. The fourth-order valence-electron chi connectivity index (χ4n) is 3.35. The molecule has 4 rings (SSSR count). The Morgan fingerprint density at radius 3 is 2.30 bits per heavy atom. The van der Waals surface area contributed by atoms with Gasteiger partial charge in [0, 0.05) is 30.5 Å². The number of carbonyl (C=O) groups excluding carboxylic acids is 1. The first-order chi connectivity index (χ1) is 15.7. The molecule has 0 aliphatic heterocycles. The molecule has 1 aromatic heterocycles. The zero-order valence-electron chi connectivity index (χ0n) is 17.4. The highest BCUT2D eigenvalue weighted by molar-refractivity contribution is 14.1. The first-order valence-corrected chi connectivity index (χ1v) is 14.0. The van der Waals surface area contributed by atoms with Crippen LogP contribution in [0.4, 0.5) is 0 Å². The lowest BCUT2D eigenvalue weighted by atomic mass is 9.97. The Morgan fingerprint density at radius 1 is 1.00 bits per heavy atom. The average Bonchev–Trinajstić information content (AvgIpc) is 3.15. The van der Waals surface area contributed by atoms with E-state index in [1.165, 1.54) is 11.3 Å². The summed E-state index contributed by atoms with van der Waals surface area (Å²) in [6, 6.07) is 18.5. The smallest absolute Gasteiger partial charge is 0.306 e. The van der Waals surface area contributed by atoms with E-state index in [1.54, 1.807) is 66.7 Å². The van der Waals surface area contributed by atoms with Gasteiger partial charge in [0.15, 0.2) is 5.78 Å². The number of rotatable bonds is 8. The molecule has 0 fully saturated rings. The van der Waals surface area contributed by atoms with Gasteiger partial charge in [-0.3, -0.25) is 4.79 Å². The molecule has 3 aromatic carbocycles. The van der Waals surface area contributed by atoms with Crippen LogP contribution in [0, 0.1) is 0 Å². The molecule has 170 valence electrons. The van der Waals surface area contributed by atoms with E-state index in [4.69, 9.17) is 8.92 Å². The third-order valence-corrected chi connectivity index (χ3v) is 6.86. The maximum atomic E-state index is 13.6. The summed E-state index contributed by atoms with van der Waals surface area (Å²) in [6.07, 6.45) is 0.980. The SMILES string of the molecule is CS(=O)(=O)Oc1ccc(-c2sc3cc(O)ccc3c2C(=O)c2ccc(OCCI)cc2)cc1. The van der Waals surface area contributed by atoms with E-state index in [9.17, 15) is 18.3 Å². The van der Waals surface area contributed by atoms with Crippen molar-refractivity contribution in [3.8, 4) is 27.7 Å². The van der Waals surface area contributed by atoms with Crippen molar-refractivity contribution in [1.82, 2.24) is 0 Å². The van der Waals surface area contributed by atoms with Crippen LogP contribution >= 0.6 is 33.9 Å². The second-order valence-corrected chi connectivity index (χ2v) is 10.9. The van der Waals surface area contributed by atoms with Crippen LogP contribution in [-0.2, 0) is 10.1 Å². The number of aromatic hydroxyl groups is 1. The lowest BCUT2D eigenvalue weighted by Gasteiger charge is -2.08. The van der Waals surface area contributed by atoms with Crippen molar-refractivity contribution >= 4 is 59.9 Å². The van der Waals surface area contributed by atoms with E-state index < -0.39 is 10.1 Å². The number of thiophene rings is 1. The molecule has 9 heteroatoms. The highest BCUT2D eigenvalue weighted by Gasteiger charge is 2.22. The summed E-state index contributed by atoms with van der Waals surface area (Å²) in [4.78, 5) is 14.3. The second kappa shape index (κ2) is 9.70. The number of carbonyl (C=O) groups is 1. The van der Waals surface area contributed by atoms with E-state index in [0.717, 1.165) is 31.2 Å². The molecule has 6 nitrogen and oxygen atoms in total. The van der Waals surface area contributed by atoms with E-state index >= 15 is 0 Å². The van der Waals surface area contributed by atoms with Crippen LogP contribution in [-0.4, -0.2) is 36.6 Å². The van der Waals surface area contributed by atoms with Gasteiger partial charge in [0.25, 0.3) is 0 Å². The molecule has 0 atom stereocenters. The summed E-state index contributed by atoms with van der Waals surface area (Å²) >= 11 is 3.61. The summed E-state index contributed by atoms with van der Waals surface area (Å²) in [7, 11) is -3.64. The predicted molar refractivity (Wildman–Crippen MR) is 139 cm³/mol. The van der Waals surface area contributed by atoms with E-state index in [-0.39, 0.29) is 17.3 Å². The molecule has 0 aliphatic carbocycles. The lowest BCUT2D eigenvalue weighted by Crippen LogP contribution is -2.05. The Morgan fingerprint density at radius 2 is 1.67 bits per heavy atom. The molecule has 1 N–H and O–H groups in total. The second-order valence-electron chi connectivity index (χ2n) is 7.19. The molecule has 0 bridgehead atoms. The highest BCUT2D eigenvalue weighted by Crippen LogP contribution is 2.41. The quantitative estimate of drug-likeness (QED) is 0.123. The summed E-state index contributed by atoms with van der Waals surface area (Å²) in [5.41, 5.74) is 1.78. The number of hydrogen-bond donors (Lipinski definition) is 1. The number of hydrogen-bond acceptors (Lipinski definition) is 7. The number of ketones is 1. The van der Waals surface area contributed by atoms with Crippen LogP contribution in [0.25, 0.3) is 20.5 Å². The molecular formula is C24H19IO6S2. The maximum Gasteiger partial charge on any atom is 0.306 e. The van der Waals surface area contributed by atoms with Crippen LogP contribution in [0.1, 0.15) is 15.9 Å². The predicted octanol–water partition coefficient (Wildman–Crippen LogP) is 5.66. The molecular weight excluding hydrogens is 575 g/mol. The van der Waals surface area contributed by atoms with Crippen molar-refractivity contribution in [2.75, 3.05) is 17.3 Å². The van der Waals surface area contributed by atoms with Crippen LogP contribution in [0.2, 0.25) is 0 Å². The third kappa shape index (κ3) is 5.48. The number of fused-ring (bicyclic) bond motifs is 1. The number of phenolic OH excluding ortho intramolecular Hbond substituents is 1. The zero-order valence-corrected chi connectivity index (χ0v) is 21.2. The van der Waals surface area contributed by atoms with Crippen molar-refractivity contribution in [2.45, 2.75) is 0 Å². The molecule has 0 unspecified atom stereocenters. The van der Waals surface area contributed by atoms with Crippen LogP contribution in [0.15, 0.2) is 66.7 Å². The molecule has 1 heterocycles. The van der Waals surface area contributed by atoms with Crippen LogP contribution in [0.3, 0.4) is 0 Å². The molecule has 0 radical (unpaired) electrons. The monoisotopic (exact) mass is 594 g/mol.